The van der Waals surface area contributed by atoms with Gasteiger partial charge in [-0.05, 0) is 31.7 Å². The number of nitrogens with one attached hydrogen (secondary N) is 2. The molecule has 1 rings (SSSR count). The summed E-state index contributed by atoms with van der Waals surface area (Å²) >= 11 is 0. The van der Waals surface area contributed by atoms with E-state index >= 15 is 0 Å². The molecule has 2 N–H and O–H groups in total. The lowest BCUT2D eigenvalue weighted by Gasteiger charge is -2.23. The molecule has 15 heavy (non-hydrogen) atoms. The third-order valence-electron chi connectivity index (χ3n) is 3.68. The van der Waals surface area contributed by atoms with Crippen LogP contribution in [0, 0.1) is 11.8 Å². The van der Waals surface area contributed by atoms with E-state index in [1.165, 1.54) is 0 Å². The predicted molar refractivity (Wildman–Crippen MR) is 62.6 cm³/mol. The third kappa shape index (κ3) is 3.20. The van der Waals surface area contributed by atoms with Crippen LogP contribution in [0.1, 0.15) is 40.5 Å². The van der Waals surface area contributed by atoms with Crippen molar-refractivity contribution in [3.8, 4) is 0 Å². The SMILES string of the molecule is CCC(C)C(C)NC(=O)C1NCCC1C. The first kappa shape index (κ1) is 12.5. The van der Waals surface area contributed by atoms with E-state index < -0.39 is 0 Å². The van der Waals surface area contributed by atoms with E-state index in [2.05, 4.69) is 38.3 Å². The molecule has 4 atom stereocenters. The average Bonchev–Trinajstić information content (AvgIpc) is 2.63. The van der Waals surface area contributed by atoms with E-state index in [4.69, 9.17) is 0 Å². The molecule has 3 heteroatoms. The summed E-state index contributed by atoms with van der Waals surface area (Å²) < 4.78 is 0. The van der Waals surface area contributed by atoms with Gasteiger partial charge in [0.05, 0.1) is 6.04 Å². The van der Waals surface area contributed by atoms with Gasteiger partial charge in [-0.15, -0.1) is 0 Å². The lowest BCUT2D eigenvalue weighted by Crippen LogP contribution is -2.48. The molecule has 1 fully saturated rings. The molecule has 0 bridgehead atoms. The maximum Gasteiger partial charge on any atom is 0.237 e. The molecule has 0 aromatic rings. The van der Waals surface area contributed by atoms with E-state index in [-0.39, 0.29) is 18.0 Å². The molecule has 88 valence electrons. The van der Waals surface area contributed by atoms with Crippen molar-refractivity contribution in [1.29, 1.82) is 0 Å². The molecule has 0 spiro atoms. The Bertz CT molecular complexity index is 218. The highest BCUT2D eigenvalue weighted by molar-refractivity contribution is 5.82. The maximum atomic E-state index is 11.9. The van der Waals surface area contributed by atoms with Crippen molar-refractivity contribution in [3.05, 3.63) is 0 Å². The molecular weight excluding hydrogens is 188 g/mol. The molecule has 0 aliphatic carbocycles. The van der Waals surface area contributed by atoms with Crippen molar-refractivity contribution in [2.75, 3.05) is 6.54 Å². The van der Waals surface area contributed by atoms with Crippen LogP contribution >= 0.6 is 0 Å². The number of rotatable bonds is 4. The summed E-state index contributed by atoms with van der Waals surface area (Å²) in [6.07, 6.45) is 2.21. The van der Waals surface area contributed by atoms with Crippen molar-refractivity contribution in [3.63, 3.8) is 0 Å². The molecule has 1 aliphatic rings. The van der Waals surface area contributed by atoms with Crippen LogP contribution in [0.15, 0.2) is 0 Å². The number of hydrogen-bond acceptors (Lipinski definition) is 2. The topological polar surface area (TPSA) is 41.1 Å². The van der Waals surface area contributed by atoms with Crippen molar-refractivity contribution < 1.29 is 4.79 Å². The van der Waals surface area contributed by atoms with Gasteiger partial charge in [-0.2, -0.15) is 0 Å². The molecule has 1 aliphatic heterocycles. The molecule has 0 radical (unpaired) electrons. The second kappa shape index (κ2) is 5.50. The molecule has 1 heterocycles. The van der Waals surface area contributed by atoms with E-state index in [1.807, 2.05) is 0 Å². The summed E-state index contributed by atoms with van der Waals surface area (Å²) in [4.78, 5) is 11.9. The van der Waals surface area contributed by atoms with Gasteiger partial charge in [0.1, 0.15) is 0 Å². The zero-order valence-electron chi connectivity index (χ0n) is 10.3. The van der Waals surface area contributed by atoms with Crippen LogP contribution < -0.4 is 10.6 Å². The van der Waals surface area contributed by atoms with E-state index in [0.717, 1.165) is 19.4 Å². The molecule has 0 aromatic carbocycles. The van der Waals surface area contributed by atoms with Gasteiger partial charge in [0, 0.05) is 6.04 Å². The Hall–Kier alpha value is -0.570. The summed E-state index contributed by atoms with van der Waals surface area (Å²) in [6.45, 7) is 9.53. The standard InChI is InChI=1S/C12H24N2O/c1-5-8(2)10(4)14-12(15)11-9(3)6-7-13-11/h8-11,13H,5-7H2,1-4H3,(H,14,15). The smallest absolute Gasteiger partial charge is 0.237 e. The minimum Gasteiger partial charge on any atom is -0.352 e. The Morgan fingerprint density at radius 3 is 2.67 bits per heavy atom. The van der Waals surface area contributed by atoms with Crippen LogP contribution in [0.2, 0.25) is 0 Å². The van der Waals surface area contributed by atoms with Crippen LogP contribution in [0.5, 0.6) is 0 Å². The van der Waals surface area contributed by atoms with Crippen molar-refractivity contribution in [2.24, 2.45) is 11.8 Å². The predicted octanol–water partition coefficient (Wildman–Crippen LogP) is 1.54. The first-order valence-corrected chi connectivity index (χ1v) is 6.10. The van der Waals surface area contributed by atoms with Gasteiger partial charge >= 0.3 is 0 Å². The summed E-state index contributed by atoms with van der Waals surface area (Å²) in [5.41, 5.74) is 0. The normalized spacial score (nSPS) is 29.9. The molecular formula is C12H24N2O. The van der Waals surface area contributed by atoms with E-state index in [9.17, 15) is 4.79 Å². The van der Waals surface area contributed by atoms with Crippen molar-refractivity contribution >= 4 is 5.91 Å². The zero-order chi connectivity index (χ0) is 11.4. The Balaban J connectivity index is 2.41. The Kier molecular flexibility index (Phi) is 4.58. The highest BCUT2D eigenvalue weighted by Crippen LogP contribution is 2.15. The van der Waals surface area contributed by atoms with Crippen molar-refractivity contribution in [2.45, 2.75) is 52.6 Å². The lowest BCUT2D eigenvalue weighted by molar-refractivity contribution is -0.124. The number of carbonyl (C=O) groups excluding carboxylic acids is 1. The van der Waals surface area contributed by atoms with Crippen molar-refractivity contribution in [1.82, 2.24) is 10.6 Å². The van der Waals surface area contributed by atoms with Crippen LogP contribution in [0.4, 0.5) is 0 Å². The number of amides is 1. The zero-order valence-corrected chi connectivity index (χ0v) is 10.3. The van der Waals surface area contributed by atoms with Gasteiger partial charge < -0.3 is 10.6 Å². The quantitative estimate of drug-likeness (QED) is 0.742. The summed E-state index contributed by atoms with van der Waals surface area (Å²) in [5, 5.41) is 6.36. The maximum absolute atomic E-state index is 11.9. The minimum absolute atomic E-state index is 0.0245. The number of carbonyl (C=O) groups is 1. The van der Waals surface area contributed by atoms with Crippen LogP contribution in [-0.2, 0) is 4.79 Å². The molecule has 0 saturated carbocycles. The fraction of sp³-hybridized carbons (Fsp3) is 0.917. The molecule has 0 aromatic heterocycles. The average molecular weight is 212 g/mol. The molecule has 1 amide bonds. The summed E-state index contributed by atoms with van der Waals surface area (Å²) in [7, 11) is 0. The lowest BCUT2D eigenvalue weighted by atomic mass is 9.98. The van der Waals surface area contributed by atoms with Gasteiger partial charge in [-0.3, -0.25) is 4.79 Å². The van der Waals surface area contributed by atoms with E-state index in [0.29, 0.717) is 11.8 Å². The van der Waals surface area contributed by atoms with Crippen LogP contribution in [0.25, 0.3) is 0 Å². The monoisotopic (exact) mass is 212 g/mol. The Morgan fingerprint density at radius 2 is 2.20 bits per heavy atom. The van der Waals surface area contributed by atoms with Gasteiger partial charge in [0.2, 0.25) is 5.91 Å². The third-order valence-corrected chi connectivity index (χ3v) is 3.68. The van der Waals surface area contributed by atoms with Gasteiger partial charge in [0.15, 0.2) is 0 Å². The minimum atomic E-state index is 0.0245. The first-order valence-electron chi connectivity index (χ1n) is 6.10. The summed E-state index contributed by atoms with van der Waals surface area (Å²) in [6, 6.07) is 0.300. The van der Waals surface area contributed by atoms with Gasteiger partial charge in [-0.25, -0.2) is 0 Å². The van der Waals surface area contributed by atoms with E-state index in [1.54, 1.807) is 0 Å². The second-order valence-electron chi connectivity index (χ2n) is 4.88. The molecule has 4 unspecified atom stereocenters. The highest BCUT2D eigenvalue weighted by atomic mass is 16.2. The fourth-order valence-corrected chi connectivity index (χ4v) is 2.00. The number of hydrogen-bond donors (Lipinski definition) is 2. The highest BCUT2D eigenvalue weighted by Gasteiger charge is 2.30. The van der Waals surface area contributed by atoms with Gasteiger partial charge in [0.25, 0.3) is 0 Å². The Morgan fingerprint density at radius 1 is 1.53 bits per heavy atom. The van der Waals surface area contributed by atoms with Crippen LogP contribution in [-0.4, -0.2) is 24.5 Å². The second-order valence-corrected chi connectivity index (χ2v) is 4.88. The fourth-order valence-electron chi connectivity index (χ4n) is 2.00. The molecule has 1 saturated heterocycles. The Labute approximate surface area is 93.0 Å². The first-order chi connectivity index (χ1) is 7.06. The van der Waals surface area contributed by atoms with Gasteiger partial charge in [-0.1, -0.05) is 27.2 Å². The van der Waals surface area contributed by atoms with Crippen LogP contribution in [0.3, 0.4) is 0 Å². The largest absolute Gasteiger partial charge is 0.352 e. The molecule has 3 nitrogen and oxygen atoms in total. The summed E-state index contributed by atoms with van der Waals surface area (Å²) in [5.74, 6) is 1.19.